The molecule has 1 aromatic carbocycles. The molecule has 4 aliphatic rings. The zero-order chi connectivity index (χ0) is 23.9. The number of fused-ring (bicyclic) bond motifs is 5. The van der Waals surface area contributed by atoms with Crippen molar-refractivity contribution < 1.29 is 14.4 Å². The molecule has 6 rings (SSSR count). The molecule has 4 saturated heterocycles. The maximum atomic E-state index is 13.3. The Bertz CT molecular complexity index is 1090. The molecule has 2 bridgehead atoms. The van der Waals surface area contributed by atoms with Gasteiger partial charge in [0, 0.05) is 71.1 Å². The number of nitrogens with zero attached hydrogens (tertiary/aromatic N) is 5. The third-order valence-corrected chi connectivity index (χ3v) is 9.34. The lowest BCUT2D eigenvalue weighted by molar-refractivity contribution is -0.144. The minimum Gasteiger partial charge on any atom is -0.339 e. The third kappa shape index (κ3) is 4.50. The summed E-state index contributed by atoms with van der Waals surface area (Å²) in [5, 5.41) is 1.00. The van der Waals surface area contributed by atoms with E-state index in [1.165, 1.54) is 0 Å². The molecule has 186 valence electrons. The number of hydrogen-bond acceptors (Lipinski definition) is 5. The average Bonchev–Trinajstić information content (AvgIpc) is 3.31. The number of benzene rings is 1. The molecule has 8 nitrogen and oxygen atoms in total. The molecular weight excluding hydrogens is 462 g/mol. The summed E-state index contributed by atoms with van der Waals surface area (Å²) in [5.74, 6) is 1.24. The first-order valence-electron chi connectivity index (χ1n) is 13.0. The van der Waals surface area contributed by atoms with Crippen molar-refractivity contribution in [1.29, 1.82) is 0 Å². The monoisotopic (exact) mass is 495 g/mol. The second-order valence-corrected chi connectivity index (χ2v) is 11.6. The van der Waals surface area contributed by atoms with Crippen molar-refractivity contribution in [3.8, 4) is 0 Å². The lowest BCUT2D eigenvalue weighted by Crippen LogP contribution is -2.63. The number of likely N-dealkylation sites (tertiary alicyclic amines) is 1. The SMILES string of the molecule is O=C(CCc1nc2ccccc2s1)N1CCN(C(=O)N2CC3CC(C2)[C@H]2CCCC(=O)N2C3)CC1. The largest absolute Gasteiger partial charge is 0.339 e. The molecule has 0 N–H and O–H groups in total. The summed E-state index contributed by atoms with van der Waals surface area (Å²) >= 11 is 1.66. The summed E-state index contributed by atoms with van der Waals surface area (Å²) in [6.45, 7) is 4.67. The quantitative estimate of drug-likeness (QED) is 0.656. The summed E-state index contributed by atoms with van der Waals surface area (Å²) in [7, 11) is 0. The van der Waals surface area contributed by atoms with Gasteiger partial charge < -0.3 is 19.6 Å². The predicted molar refractivity (Wildman–Crippen MR) is 134 cm³/mol. The van der Waals surface area contributed by atoms with E-state index in [1.54, 1.807) is 11.3 Å². The highest BCUT2D eigenvalue weighted by Crippen LogP contribution is 2.38. The van der Waals surface area contributed by atoms with Crippen LogP contribution in [-0.4, -0.2) is 94.3 Å². The minimum absolute atomic E-state index is 0.108. The number of urea groups is 1. The Balaban J connectivity index is 0.998. The average molecular weight is 496 g/mol. The van der Waals surface area contributed by atoms with E-state index in [0.717, 1.165) is 54.1 Å². The number of carbonyl (C=O) groups is 3. The van der Waals surface area contributed by atoms with Crippen LogP contribution in [0.2, 0.25) is 0 Å². The maximum absolute atomic E-state index is 13.3. The van der Waals surface area contributed by atoms with Crippen molar-refractivity contribution >= 4 is 39.4 Å². The molecule has 0 aliphatic carbocycles. The van der Waals surface area contributed by atoms with Gasteiger partial charge in [0.25, 0.3) is 0 Å². The number of para-hydroxylation sites is 1. The van der Waals surface area contributed by atoms with E-state index in [9.17, 15) is 14.4 Å². The zero-order valence-corrected chi connectivity index (χ0v) is 20.9. The number of aryl methyl sites for hydroxylation is 1. The summed E-state index contributed by atoms with van der Waals surface area (Å²) < 4.78 is 1.16. The Kier molecular flexibility index (Phi) is 6.12. The molecule has 35 heavy (non-hydrogen) atoms. The smallest absolute Gasteiger partial charge is 0.320 e. The lowest BCUT2D eigenvalue weighted by atomic mass is 9.76. The van der Waals surface area contributed by atoms with Gasteiger partial charge in [-0.1, -0.05) is 12.1 Å². The number of thiazole rings is 1. The summed E-state index contributed by atoms with van der Waals surface area (Å²) in [6.07, 6.45) is 4.98. The molecule has 4 fully saturated rings. The van der Waals surface area contributed by atoms with E-state index >= 15 is 0 Å². The second-order valence-electron chi connectivity index (χ2n) is 10.5. The van der Waals surface area contributed by atoms with Crippen LogP contribution in [0, 0.1) is 11.8 Å². The van der Waals surface area contributed by atoms with Gasteiger partial charge >= 0.3 is 6.03 Å². The number of aromatic nitrogens is 1. The fourth-order valence-corrected chi connectivity index (χ4v) is 7.48. The lowest BCUT2D eigenvalue weighted by Gasteiger charge is -2.53. The molecule has 4 amide bonds. The van der Waals surface area contributed by atoms with E-state index in [4.69, 9.17) is 0 Å². The first kappa shape index (κ1) is 22.8. The van der Waals surface area contributed by atoms with Gasteiger partial charge in [-0.3, -0.25) is 9.59 Å². The van der Waals surface area contributed by atoms with Gasteiger partial charge in [0.2, 0.25) is 11.8 Å². The van der Waals surface area contributed by atoms with E-state index in [2.05, 4.69) is 16.0 Å². The Labute approximate surface area is 209 Å². The van der Waals surface area contributed by atoms with Gasteiger partial charge in [-0.25, -0.2) is 9.78 Å². The molecular formula is C26H33N5O3S. The highest BCUT2D eigenvalue weighted by molar-refractivity contribution is 7.18. The summed E-state index contributed by atoms with van der Waals surface area (Å²) in [5.41, 5.74) is 0.997. The first-order valence-corrected chi connectivity index (χ1v) is 13.8. The predicted octanol–water partition coefficient (Wildman–Crippen LogP) is 2.83. The van der Waals surface area contributed by atoms with E-state index in [1.807, 2.05) is 32.9 Å². The summed E-state index contributed by atoms with van der Waals surface area (Å²) in [6, 6.07) is 8.49. The Morgan fingerprint density at radius 2 is 1.80 bits per heavy atom. The second kappa shape index (κ2) is 9.41. The molecule has 1 aromatic heterocycles. The topological polar surface area (TPSA) is 77.1 Å². The van der Waals surface area contributed by atoms with E-state index < -0.39 is 0 Å². The molecule has 0 saturated carbocycles. The van der Waals surface area contributed by atoms with Crippen molar-refractivity contribution in [2.24, 2.45) is 11.8 Å². The third-order valence-electron chi connectivity index (χ3n) is 8.24. The van der Waals surface area contributed by atoms with Crippen molar-refractivity contribution in [1.82, 2.24) is 24.6 Å². The van der Waals surface area contributed by atoms with Gasteiger partial charge in [-0.2, -0.15) is 0 Å². The van der Waals surface area contributed by atoms with Crippen molar-refractivity contribution in [3.05, 3.63) is 29.3 Å². The van der Waals surface area contributed by atoms with Crippen LogP contribution in [0.15, 0.2) is 24.3 Å². The minimum atomic E-state index is 0.108. The zero-order valence-electron chi connectivity index (χ0n) is 20.1. The van der Waals surface area contributed by atoms with E-state index in [0.29, 0.717) is 69.2 Å². The molecule has 2 unspecified atom stereocenters. The van der Waals surface area contributed by atoms with Crippen LogP contribution in [0.5, 0.6) is 0 Å². The van der Waals surface area contributed by atoms with Crippen molar-refractivity contribution in [2.75, 3.05) is 45.8 Å². The normalized spacial score (nSPS) is 26.7. The number of hydrogen-bond donors (Lipinski definition) is 0. The Hall–Kier alpha value is -2.68. The molecule has 5 heterocycles. The number of rotatable bonds is 3. The Morgan fingerprint density at radius 3 is 2.63 bits per heavy atom. The highest BCUT2D eigenvalue weighted by Gasteiger charge is 2.45. The number of carbonyl (C=O) groups excluding carboxylic acids is 3. The number of piperidine rings is 3. The Morgan fingerprint density at radius 1 is 1.00 bits per heavy atom. The molecule has 0 spiro atoms. The summed E-state index contributed by atoms with van der Waals surface area (Å²) in [4.78, 5) is 51.1. The molecule has 0 radical (unpaired) electrons. The maximum Gasteiger partial charge on any atom is 0.320 e. The van der Waals surface area contributed by atoms with Crippen LogP contribution in [0.25, 0.3) is 10.2 Å². The van der Waals surface area contributed by atoms with Gasteiger partial charge in [0.05, 0.1) is 15.2 Å². The van der Waals surface area contributed by atoms with Crippen LogP contribution >= 0.6 is 11.3 Å². The van der Waals surface area contributed by atoms with Gasteiger partial charge in [0.15, 0.2) is 0 Å². The first-order chi connectivity index (χ1) is 17.0. The van der Waals surface area contributed by atoms with Crippen LogP contribution in [0.3, 0.4) is 0 Å². The van der Waals surface area contributed by atoms with Crippen molar-refractivity contribution in [2.45, 2.75) is 44.6 Å². The van der Waals surface area contributed by atoms with Crippen molar-refractivity contribution in [3.63, 3.8) is 0 Å². The van der Waals surface area contributed by atoms with E-state index in [-0.39, 0.29) is 11.9 Å². The number of piperazine rings is 1. The molecule has 3 atom stereocenters. The molecule has 4 aliphatic heterocycles. The van der Waals surface area contributed by atoms with Crippen LogP contribution in [0.1, 0.15) is 37.1 Å². The van der Waals surface area contributed by atoms with Crippen LogP contribution in [-0.2, 0) is 16.0 Å². The van der Waals surface area contributed by atoms with Crippen LogP contribution in [0.4, 0.5) is 4.79 Å². The van der Waals surface area contributed by atoms with Gasteiger partial charge in [-0.15, -0.1) is 11.3 Å². The van der Waals surface area contributed by atoms with Gasteiger partial charge in [0.1, 0.15) is 0 Å². The number of amides is 4. The molecule has 9 heteroatoms. The standard InChI is InChI=1S/C26H33N5O3S/c32-24(9-8-23-27-20-4-1-2-6-22(20)35-23)28-10-12-29(13-11-28)26(34)30-15-18-14-19(17-30)21-5-3-7-25(33)31(21)16-18/h1-2,4,6,18-19,21H,3,5,7-17H2/t18?,19?,21-/m1/s1. The fourth-order valence-electron chi connectivity index (χ4n) is 6.51. The highest BCUT2D eigenvalue weighted by atomic mass is 32.1. The van der Waals surface area contributed by atoms with Gasteiger partial charge in [-0.05, 0) is 43.2 Å². The fraction of sp³-hybridized carbons (Fsp3) is 0.615. The van der Waals surface area contributed by atoms with Crippen LogP contribution < -0.4 is 0 Å². The molecule has 2 aromatic rings.